The fourth-order valence-corrected chi connectivity index (χ4v) is 6.23. The van der Waals surface area contributed by atoms with Gasteiger partial charge in [-0.1, -0.05) is 39.3 Å². The zero-order chi connectivity index (χ0) is 35.5. The van der Waals surface area contributed by atoms with Gasteiger partial charge < -0.3 is 48.9 Å². The largest absolute Gasteiger partial charge is 0.491 e. The summed E-state index contributed by atoms with van der Waals surface area (Å²) in [5.74, 6) is 1.08. The molecule has 3 N–H and O–H groups in total. The first-order valence-electron chi connectivity index (χ1n) is 16.7. The molecule has 0 aromatic heterocycles. The Hall–Kier alpha value is -2.99. The Morgan fingerprint density at radius 2 is 1.18 bits per heavy atom. The Balaban J connectivity index is 1.21. The zero-order valence-corrected chi connectivity index (χ0v) is 29.9. The van der Waals surface area contributed by atoms with Crippen molar-refractivity contribution in [3.8, 4) is 17.6 Å². The van der Waals surface area contributed by atoms with E-state index in [1.807, 2.05) is 0 Å². The van der Waals surface area contributed by atoms with Gasteiger partial charge in [0.05, 0.1) is 89.9 Å². The lowest BCUT2D eigenvalue weighted by atomic mass is 9.49. The van der Waals surface area contributed by atoms with Crippen molar-refractivity contribution in [3.63, 3.8) is 0 Å². The van der Waals surface area contributed by atoms with Gasteiger partial charge in [-0.3, -0.25) is 4.79 Å². The van der Waals surface area contributed by atoms with E-state index in [0.29, 0.717) is 120 Å². The summed E-state index contributed by atoms with van der Waals surface area (Å²) in [6, 6.07) is 14.0. The molecule has 272 valence electrons. The molecule has 0 atom stereocenters. The molecule has 1 amide bonds. The number of nitriles is 1. The number of nitrogens with two attached hydrogens (primary N) is 1. The fraction of sp³-hybridized carbons (Fsp3) is 0.611. The number of carbonyl (C=O) groups is 1. The molecule has 0 spiro atoms. The monoisotopic (exact) mass is 705 g/mol. The van der Waals surface area contributed by atoms with Gasteiger partial charge in [0.1, 0.15) is 30.3 Å². The van der Waals surface area contributed by atoms with Crippen molar-refractivity contribution in [2.24, 2.45) is 16.6 Å². The van der Waals surface area contributed by atoms with Crippen molar-refractivity contribution in [2.45, 2.75) is 39.8 Å². The van der Waals surface area contributed by atoms with Crippen LogP contribution in [0.4, 0.5) is 0 Å². The van der Waals surface area contributed by atoms with E-state index in [0.717, 1.165) is 0 Å². The van der Waals surface area contributed by atoms with Gasteiger partial charge in [-0.2, -0.15) is 5.26 Å². The van der Waals surface area contributed by atoms with E-state index in [-0.39, 0.29) is 28.9 Å². The fourth-order valence-electron chi connectivity index (χ4n) is 6.02. The lowest BCUT2D eigenvalue weighted by Crippen LogP contribution is -2.74. The van der Waals surface area contributed by atoms with Crippen molar-refractivity contribution in [1.29, 1.82) is 5.26 Å². The van der Waals surface area contributed by atoms with Gasteiger partial charge in [0.25, 0.3) is 5.91 Å². The summed E-state index contributed by atoms with van der Waals surface area (Å²) in [7, 11) is 0. The molecular formula is C36H52ClN3O9. The quantitative estimate of drug-likeness (QED) is 0.143. The van der Waals surface area contributed by atoms with Crippen molar-refractivity contribution >= 4 is 17.5 Å². The second kappa shape index (κ2) is 21.3. The summed E-state index contributed by atoms with van der Waals surface area (Å²) < 4.78 is 44.7. The number of amides is 1. The third kappa shape index (κ3) is 13.0. The highest BCUT2D eigenvalue weighted by Gasteiger charge is 2.64. The van der Waals surface area contributed by atoms with Gasteiger partial charge in [0.2, 0.25) is 0 Å². The molecule has 0 aliphatic heterocycles. The Morgan fingerprint density at radius 3 is 1.63 bits per heavy atom. The maximum absolute atomic E-state index is 13.2. The summed E-state index contributed by atoms with van der Waals surface area (Å²) >= 11 is 6.20. The van der Waals surface area contributed by atoms with E-state index in [2.05, 4.69) is 39.1 Å². The first-order valence-corrected chi connectivity index (χ1v) is 17.1. The van der Waals surface area contributed by atoms with E-state index < -0.39 is 0 Å². The molecule has 2 aromatic carbocycles. The minimum atomic E-state index is -0.353. The number of nitrogens with zero attached hydrogens (tertiary/aromatic N) is 1. The number of carbonyl (C=O) groups excluding carboxylic acids is 1. The molecule has 12 nitrogen and oxygen atoms in total. The number of hydrogen-bond donors (Lipinski definition) is 2. The third-order valence-corrected chi connectivity index (χ3v) is 8.48. The molecular weight excluding hydrogens is 654 g/mol. The van der Waals surface area contributed by atoms with Crippen LogP contribution in [0.5, 0.6) is 11.5 Å². The average molecular weight is 706 g/mol. The van der Waals surface area contributed by atoms with Crippen LogP contribution in [0.1, 0.15) is 43.6 Å². The topological polar surface area (TPSA) is 153 Å². The maximum atomic E-state index is 13.2. The Kier molecular flexibility index (Phi) is 17.6. The van der Waals surface area contributed by atoms with Gasteiger partial charge in [-0.05, 0) is 36.4 Å². The molecule has 1 saturated carbocycles. The number of benzene rings is 2. The number of rotatable bonds is 25. The highest BCUT2D eigenvalue weighted by molar-refractivity contribution is 6.31. The number of hydrogen-bond acceptors (Lipinski definition) is 11. The second-order valence-corrected chi connectivity index (χ2v) is 13.0. The molecule has 3 rings (SSSR count). The molecule has 1 aliphatic rings. The lowest BCUT2D eigenvalue weighted by Gasteiger charge is -2.63. The van der Waals surface area contributed by atoms with E-state index in [1.54, 1.807) is 42.5 Å². The van der Waals surface area contributed by atoms with Crippen molar-refractivity contribution in [1.82, 2.24) is 5.32 Å². The van der Waals surface area contributed by atoms with Gasteiger partial charge in [-0.15, -0.1) is 0 Å². The molecule has 49 heavy (non-hydrogen) atoms. The number of ether oxygens (including phenoxy) is 8. The van der Waals surface area contributed by atoms with Crippen LogP contribution in [0.25, 0.3) is 0 Å². The zero-order valence-electron chi connectivity index (χ0n) is 29.2. The minimum Gasteiger partial charge on any atom is -0.491 e. The van der Waals surface area contributed by atoms with Crippen LogP contribution >= 0.6 is 11.6 Å². The highest BCUT2D eigenvalue weighted by Crippen LogP contribution is 2.55. The SMILES string of the molecule is CC1(C)C(NC(=O)c2ccc(OCCOCCOCCOCCOCCOCCOCCN)cc2)C(C)(C)C1Oc1ccc(C#N)c(Cl)c1. The van der Waals surface area contributed by atoms with Crippen LogP contribution < -0.4 is 20.5 Å². The first kappa shape index (κ1) is 40.4. The summed E-state index contributed by atoms with van der Waals surface area (Å²) in [6.45, 7) is 15.1. The smallest absolute Gasteiger partial charge is 0.251 e. The Bertz CT molecular complexity index is 1290. The molecule has 2 aromatic rings. The minimum absolute atomic E-state index is 0.134. The normalized spacial score (nSPS) is 17.6. The van der Waals surface area contributed by atoms with E-state index >= 15 is 0 Å². The van der Waals surface area contributed by atoms with Crippen molar-refractivity contribution < 1.29 is 42.7 Å². The second-order valence-electron chi connectivity index (χ2n) is 12.6. The molecule has 13 heteroatoms. The predicted molar refractivity (Wildman–Crippen MR) is 185 cm³/mol. The Morgan fingerprint density at radius 1 is 0.735 bits per heavy atom. The molecule has 0 radical (unpaired) electrons. The summed E-state index contributed by atoms with van der Waals surface area (Å²) in [5.41, 5.74) is 5.57. The van der Waals surface area contributed by atoms with Crippen LogP contribution in [0.3, 0.4) is 0 Å². The standard InChI is InChI=1S/C36H52ClN3O9/c1-35(2)33(36(3,4)34(35)49-30-10-7-28(26-39)31(37)25-30)40-32(41)27-5-8-29(9-6-27)48-24-23-47-22-21-46-20-19-45-18-17-44-16-15-43-14-13-42-12-11-38/h5-10,25,33-34H,11-24,38H2,1-4H3,(H,40,41). The van der Waals surface area contributed by atoms with Gasteiger partial charge >= 0.3 is 0 Å². The summed E-state index contributed by atoms with van der Waals surface area (Å²) in [6.07, 6.45) is -0.181. The van der Waals surface area contributed by atoms with Crippen molar-refractivity contribution in [3.05, 3.63) is 58.6 Å². The van der Waals surface area contributed by atoms with Crippen LogP contribution in [0.2, 0.25) is 5.02 Å². The maximum Gasteiger partial charge on any atom is 0.251 e. The van der Waals surface area contributed by atoms with E-state index in [9.17, 15) is 4.79 Å². The average Bonchev–Trinajstić information content (AvgIpc) is 3.08. The molecule has 0 bridgehead atoms. The highest BCUT2D eigenvalue weighted by atomic mass is 35.5. The van der Waals surface area contributed by atoms with Crippen LogP contribution in [-0.4, -0.2) is 110 Å². The van der Waals surface area contributed by atoms with Crippen LogP contribution in [0.15, 0.2) is 42.5 Å². The van der Waals surface area contributed by atoms with Gasteiger partial charge in [0, 0.05) is 35.0 Å². The van der Waals surface area contributed by atoms with Crippen molar-refractivity contribution in [2.75, 3.05) is 92.4 Å². The Labute approximate surface area is 295 Å². The molecule has 0 saturated heterocycles. The molecule has 1 fully saturated rings. The molecule has 0 heterocycles. The predicted octanol–water partition coefficient (Wildman–Crippen LogP) is 4.26. The summed E-state index contributed by atoms with van der Waals surface area (Å²) in [5, 5.41) is 12.7. The third-order valence-electron chi connectivity index (χ3n) is 8.17. The van der Waals surface area contributed by atoms with Crippen LogP contribution in [-0.2, 0) is 28.4 Å². The van der Waals surface area contributed by atoms with Crippen LogP contribution in [0, 0.1) is 22.2 Å². The van der Waals surface area contributed by atoms with Gasteiger partial charge in [-0.25, -0.2) is 0 Å². The number of nitrogens with one attached hydrogen (secondary N) is 1. The van der Waals surface area contributed by atoms with E-state index in [1.165, 1.54) is 0 Å². The van der Waals surface area contributed by atoms with Gasteiger partial charge in [0.15, 0.2) is 0 Å². The lowest BCUT2D eigenvalue weighted by molar-refractivity contribution is -0.164. The molecule has 1 aliphatic carbocycles. The number of halogens is 1. The molecule has 0 unspecified atom stereocenters. The summed E-state index contributed by atoms with van der Waals surface area (Å²) in [4.78, 5) is 13.2. The van der Waals surface area contributed by atoms with E-state index in [4.69, 9.17) is 60.5 Å². The first-order chi connectivity index (χ1) is 23.6.